The van der Waals surface area contributed by atoms with Crippen LogP contribution in [0.5, 0.6) is 0 Å². The smallest absolute Gasteiger partial charge is 0.248 e. The van der Waals surface area contributed by atoms with Crippen molar-refractivity contribution in [2.45, 2.75) is 55.9 Å². The van der Waals surface area contributed by atoms with Gasteiger partial charge in [-0.1, -0.05) is 91.0 Å². The van der Waals surface area contributed by atoms with Crippen LogP contribution >= 0.6 is 11.6 Å². The lowest BCUT2D eigenvalue weighted by atomic mass is 9.91. The predicted octanol–water partition coefficient (Wildman–Crippen LogP) is 6.12. The van der Waals surface area contributed by atoms with Crippen molar-refractivity contribution in [1.29, 1.82) is 0 Å². The van der Waals surface area contributed by atoms with E-state index in [-0.39, 0.29) is 22.8 Å². The number of nitrogens with zero attached hydrogens (tertiary/aromatic N) is 3. The van der Waals surface area contributed by atoms with Crippen LogP contribution in [0.15, 0.2) is 93.9 Å². The molecule has 0 spiro atoms. The second kappa shape index (κ2) is 11.1. The molecule has 8 heteroatoms. The lowest BCUT2D eigenvalue weighted by Crippen LogP contribution is -2.42. The Kier molecular flexibility index (Phi) is 7.63. The number of benzene rings is 3. The van der Waals surface area contributed by atoms with Crippen LogP contribution in [0.1, 0.15) is 54.7 Å². The van der Waals surface area contributed by atoms with E-state index in [9.17, 15) is 8.42 Å². The predicted molar refractivity (Wildman–Crippen MR) is 150 cm³/mol. The lowest BCUT2D eigenvalue weighted by Gasteiger charge is -2.24. The van der Waals surface area contributed by atoms with Gasteiger partial charge in [0, 0.05) is 10.9 Å². The molecule has 37 heavy (non-hydrogen) atoms. The number of aliphatic imine (C=N–C) groups is 1. The van der Waals surface area contributed by atoms with Crippen molar-refractivity contribution in [1.82, 2.24) is 9.73 Å². The Morgan fingerprint density at radius 1 is 0.946 bits per heavy atom. The molecule has 1 aliphatic carbocycles. The molecule has 1 N–H and O–H groups in total. The van der Waals surface area contributed by atoms with Gasteiger partial charge in [0.05, 0.1) is 23.2 Å². The summed E-state index contributed by atoms with van der Waals surface area (Å²) in [5.74, 6) is 0.222. The fourth-order valence-electron chi connectivity index (χ4n) is 4.89. The van der Waals surface area contributed by atoms with E-state index in [1.165, 1.54) is 6.42 Å². The monoisotopic (exact) mass is 534 g/mol. The second-order valence-corrected chi connectivity index (χ2v) is 11.8. The van der Waals surface area contributed by atoms with E-state index in [2.05, 4.69) is 16.9 Å². The van der Waals surface area contributed by atoms with Crippen LogP contribution < -0.4 is 4.72 Å². The zero-order chi connectivity index (χ0) is 25.8. The Hall–Kier alpha value is -3.16. The second-order valence-electron chi connectivity index (χ2n) is 9.70. The molecule has 0 amide bonds. The first kappa shape index (κ1) is 25.5. The van der Waals surface area contributed by atoms with Gasteiger partial charge in [-0.2, -0.15) is 5.10 Å². The molecule has 1 atom stereocenters. The Balaban J connectivity index is 1.54. The summed E-state index contributed by atoms with van der Waals surface area (Å²) in [4.78, 5) is 5.14. The summed E-state index contributed by atoms with van der Waals surface area (Å²) in [6, 6.07) is 24.7. The van der Waals surface area contributed by atoms with E-state index in [0.717, 1.165) is 48.1 Å². The number of rotatable bonds is 5. The van der Waals surface area contributed by atoms with Crippen LogP contribution in [-0.2, 0) is 10.0 Å². The molecule has 3 aromatic carbocycles. The van der Waals surface area contributed by atoms with Crippen LogP contribution in [-0.4, -0.2) is 37.7 Å². The first-order chi connectivity index (χ1) is 17.9. The normalized spacial score (nSPS) is 19.1. The zero-order valence-corrected chi connectivity index (χ0v) is 22.4. The third-order valence-electron chi connectivity index (χ3n) is 6.94. The van der Waals surface area contributed by atoms with Crippen LogP contribution in [0.2, 0.25) is 5.02 Å². The Labute approximate surface area is 224 Å². The minimum Gasteiger partial charge on any atom is -0.248 e. The Morgan fingerprint density at radius 3 is 2.30 bits per heavy atom. The topological polar surface area (TPSA) is 74.1 Å². The van der Waals surface area contributed by atoms with Crippen LogP contribution in [0.3, 0.4) is 0 Å². The van der Waals surface area contributed by atoms with Crippen molar-refractivity contribution < 1.29 is 8.42 Å². The van der Waals surface area contributed by atoms with Gasteiger partial charge in [0.25, 0.3) is 10.0 Å². The van der Waals surface area contributed by atoms with Gasteiger partial charge in [-0.15, -0.1) is 0 Å². The van der Waals surface area contributed by atoms with Crippen molar-refractivity contribution in [2.24, 2.45) is 10.1 Å². The van der Waals surface area contributed by atoms with Gasteiger partial charge in [-0.3, -0.25) is 0 Å². The van der Waals surface area contributed by atoms with E-state index in [4.69, 9.17) is 21.7 Å². The minimum atomic E-state index is -3.84. The number of hydrogen-bond acceptors (Lipinski definition) is 4. The fraction of sp³-hybridized carbons (Fsp3) is 0.310. The van der Waals surface area contributed by atoms with Crippen molar-refractivity contribution in [3.05, 3.63) is 101 Å². The molecule has 1 fully saturated rings. The van der Waals surface area contributed by atoms with Gasteiger partial charge in [0.15, 0.2) is 0 Å². The summed E-state index contributed by atoms with van der Waals surface area (Å²) in [5.41, 5.74) is 3.91. The molecular formula is C29H31ClN4O2S. The molecule has 0 bridgehead atoms. The van der Waals surface area contributed by atoms with Gasteiger partial charge in [0.2, 0.25) is 5.96 Å². The molecule has 1 heterocycles. The summed E-state index contributed by atoms with van der Waals surface area (Å²) in [6.45, 7) is 2.41. The molecule has 192 valence electrons. The maximum Gasteiger partial charge on any atom is 0.264 e. The number of aryl methyl sites for hydroxylation is 1. The summed E-state index contributed by atoms with van der Waals surface area (Å²) in [6.07, 6.45) is 5.27. The van der Waals surface area contributed by atoms with Gasteiger partial charge in [-0.05, 0) is 55.2 Å². The van der Waals surface area contributed by atoms with E-state index >= 15 is 0 Å². The van der Waals surface area contributed by atoms with E-state index in [0.29, 0.717) is 11.6 Å². The molecule has 0 saturated heterocycles. The van der Waals surface area contributed by atoms with Gasteiger partial charge >= 0.3 is 0 Å². The third-order valence-corrected chi connectivity index (χ3v) is 8.53. The van der Waals surface area contributed by atoms with E-state index in [1.807, 2.05) is 49.4 Å². The molecule has 1 unspecified atom stereocenters. The first-order valence-corrected chi connectivity index (χ1v) is 14.6. The summed E-state index contributed by atoms with van der Waals surface area (Å²) in [7, 11) is -3.84. The van der Waals surface area contributed by atoms with Gasteiger partial charge in [-0.25, -0.2) is 23.1 Å². The van der Waals surface area contributed by atoms with Crippen molar-refractivity contribution in [2.75, 3.05) is 6.54 Å². The van der Waals surface area contributed by atoms with Crippen molar-refractivity contribution in [3.63, 3.8) is 0 Å². The molecule has 1 aliphatic heterocycles. The molecule has 0 aromatic heterocycles. The average molecular weight is 535 g/mol. The lowest BCUT2D eigenvalue weighted by molar-refractivity contribution is 0.420. The molecule has 1 saturated carbocycles. The third kappa shape index (κ3) is 6.05. The highest BCUT2D eigenvalue weighted by Gasteiger charge is 2.33. The molecule has 6 nitrogen and oxygen atoms in total. The minimum absolute atomic E-state index is 0.0530. The quantitative estimate of drug-likeness (QED) is 0.316. The highest BCUT2D eigenvalue weighted by molar-refractivity contribution is 7.90. The van der Waals surface area contributed by atoms with Crippen molar-refractivity contribution in [3.8, 4) is 0 Å². The number of halogens is 1. The standard InChI is InChI=1S/C29H31ClN4O2S/c1-21-12-18-26(19-13-21)37(35,36)33-29(31-25-10-6-3-7-11-25)34-20-27(22-8-4-2-5-9-22)28(32-34)23-14-16-24(30)17-15-23/h2,4-5,8-9,12-19,25,27H,3,6-7,10-11,20H2,1H3,(H,31,33). The van der Waals surface area contributed by atoms with Crippen LogP contribution in [0, 0.1) is 6.92 Å². The fourth-order valence-corrected chi connectivity index (χ4v) is 6.02. The highest BCUT2D eigenvalue weighted by atomic mass is 35.5. The van der Waals surface area contributed by atoms with E-state index < -0.39 is 10.0 Å². The summed E-state index contributed by atoms with van der Waals surface area (Å²) >= 11 is 6.15. The number of sulfonamides is 1. The number of hydrogen-bond donors (Lipinski definition) is 1. The maximum atomic E-state index is 13.4. The zero-order valence-electron chi connectivity index (χ0n) is 20.8. The Morgan fingerprint density at radius 2 is 1.62 bits per heavy atom. The summed E-state index contributed by atoms with van der Waals surface area (Å²) < 4.78 is 29.6. The van der Waals surface area contributed by atoms with Crippen LogP contribution in [0.4, 0.5) is 0 Å². The highest BCUT2D eigenvalue weighted by Crippen LogP contribution is 2.30. The van der Waals surface area contributed by atoms with Crippen molar-refractivity contribution >= 4 is 33.3 Å². The first-order valence-electron chi connectivity index (χ1n) is 12.7. The summed E-state index contributed by atoms with van der Waals surface area (Å²) in [5, 5.41) is 7.33. The molecule has 5 rings (SSSR count). The van der Waals surface area contributed by atoms with E-state index in [1.54, 1.807) is 29.3 Å². The Bertz CT molecular complexity index is 1380. The SMILES string of the molecule is Cc1ccc(S(=O)(=O)NC(=NC2CCCCC2)N2CC(c3ccccc3)C(c3ccc(Cl)cc3)=N2)cc1. The largest absolute Gasteiger partial charge is 0.264 e. The van der Waals surface area contributed by atoms with Gasteiger partial charge in [0.1, 0.15) is 0 Å². The molecule has 2 aliphatic rings. The molecule has 3 aromatic rings. The number of nitrogens with one attached hydrogen (secondary N) is 1. The maximum absolute atomic E-state index is 13.4. The number of hydrazone groups is 1. The average Bonchev–Trinajstić information content (AvgIpc) is 3.36. The molecular weight excluding hydrogens is 504 g/mol. The molecule has 0 radical (unpaired) electrons. The van der Waals surface area contributed by atoms with Gasteiger partial charge < -0.3 is 0 Å². The number of guanidine groups is 1. The van der Waals surface area contributed by atoms with Crippen LogP contribution in [0.25, 0.3) is 0 Å².